The molecule has 0 aromatic rings. The molecule has 3 atom stereocenters. The van der Waals surface area contributed by atoms with Gasteiger partial charge in [-0.25, -0.2) is 0 Å². The lowest BCUT2D eigenvalue weighted by molar-refractivity contribution is 0.349. The Morgan fingerprint density at radius 1 is 1.13 bits per heavy atom. The van der Waals surface area contributed by atoms with Crippen molar-refractivity contribution in [1.82, 2.24) is 5.32 Å². The van der Waals surface area contributed by atoms with E-state index in [4.69, 9.17) is 0 Å². The summed E-state index contributed by atoms with van der Waals surface area (Å²) in [5.74, 6) is 1.01. The highest BCUT2D eigenvalue weighted by Crippen LogP contribution is 2.38. The summed E-state index contributed by atoms with van der Waals surface area (Å²) < 4.78 is 0. The van der Waals surface area contributed by atoms with Gasteiger partial charge in [0.15, 0.2) is 0 Å². The summed E-state index contributed by atoms with van der Waals surface area (Å²) in [5.41, 5.74) is 0.598. The van der Waals surface area contributed by atoms with Gasteiger partial charge < -0.3 is 5.32 Å². The Labute approximate surface area is 95.0 Å². The normalized spacial score (nSPS) is 39.8. The zero-order valence-electron chi connectivity index (χ0n) is 10.7. The lowest BCUT2D eigenvalue weighted by Gasteiger charge is -2.21. The summed E-state index contributed by atoms with van der Waals surface area (Å²) in [6.07, 6.45) is 9.91. The third-order valence-corrected chi connectivity index (χ3v) is 4.56. The van der Waals surface area contributed by atoms with Crippen LogP contribution in [0.5, 0.6) is 0 Å². The summed E-state index contributed by atoms with van der Waals surface area (Å²) >= 11 is 0. The molecule has 2 rings (SSSR count). The maximum Gasteiger partial charge on any atom is 0.00749 e. The molecule has 88 valence electrons. The average Bonchev–Trinajstić information content (AvgIpc) is 2.73. The van der Waals surface area contributed by atoms with Crippen LogP contribution < -0.4 is 5.32 Å². The molecule has 3 unspecified atom stereocenters. The van der Waals surface area contributed by atoms with Gasteiger partial charge in [0, 0.05) is 12.1 Å². The first-order valence-corrected chi connectivity index (χ1v) is 6.85. The first-order chi connectivity index (χ1) is 7.09. The van der Waals surface area contributed by atoms with Gasteiger partial charge in [-0.05, 0) is 49.9 Å². The van der Waals surface area contributed by atoms with Crippen molar-refractivity contribution in [3.05, 3.63) is 0 Å². The minimum Gasteiger partial charge on any atom is -0.311 e. The van der Waals surface area contributed by atoms with Crippen molar-refractivity contribution in [3.63, 3.8) is 0 Å². The van der Waals surface area contributed by atoms with Crippen LogP contribution in [-0.2, 0) is 0 Å². The Bertz CT molecular complexity index is 209. The predicted octanol–water partition coefficient (Wildman–Crippen LogP) is 3.73. The molecule has 0 radical (unpaired) electrons. The topological polar surface area (TPSA) is 12.0 Å². The van der Waals surface area contributed by atoms with Crippen molar-refractivity contribution in [1.29, 1.82) is 0 Å². The fourth-order valence-corrected chi connectivity index (χ4v) is 3.51. The number of hydrogen-bond donors (Lipinski definition) is 1. The van der Waals surface area contributed by atoms with E-state index >= 15 is 0 Å². The second kappa shape index (κ2) is 4.45. The molecule has 2 aliphatic carbocycles. The maximum atomic E-state index is 3.90. The van der Waals surface area contributed by atoms with Gasteiger partial charge in [0.05, 0.1) is 0 Å². The van der Waals surface area contributed by atoms with Crippen molar-refractivity contribution in [3.8, 4) is 0 Å². The Morgan fingerprint density at radius 2 is 1.93 bits per heavy atom. The van der Waals surface area contributed by atoms with Crippen LogP contribution in [0.25, 0.3) is 0 Å². The molecule has 1 nitrogen and oxygen atoms in total. The molecule has 15 heavy (non-hydrogen) atoms. The molecule has 0 aromatic carbocycles. The van der Waals surface area contributed by atoms with Gasteiger partial charge in [-0.3, -0.25) is 0 Å². The molecule has 2 aliphatic rings. The van der Waals surface area contributed by atoms with Crippen LogP contribution in [0.3, 0.4) is 0 Å². The second-order valence-corrected chi connectivity index (χ2v) is 6.55. The molecule has 0 aliphatic heterocycles. The summed E-state index contributed by atoms with van der Waals surface area (Å²) in [7, 11) is 0. The highest BCUT2D eigenvalue weighted by atomic mass is 15.0. The van der Waals surface area contributed by atoms with Crippen LogP contribution >= 0.6 is 0 Å². The Balaban J connectivity index is 1.74. The minimum atomic E-state index is 0.598. The molecular weight excluding hydrogens is 182 g/mol. The smallest absolute Gasteiger partial charge is 0.00749 e. The van der Waals surface area contributed by atoms with Crippen LogP contribution in [0.4, 0.5) is 0 Å². The fraction of sp³-hybridized carbons (Fsp3) is 1.00. The van der Waals surface area contributed by atoms with E-state index in [2.05, 4.69) is 26.1 Å². The third kappa shape index (κ3) is 2.96. The molecule has 2 fully saturated rings. The molecule has 2 saturated carbocycles. The first-order valence-electron chi connectivity index (χ1n) is 6.85. The molecule has 0 saturated heterocycles. The molecule has 0 heterocycles. The van der Waals surface area contributed by atoms with E-state index < -0.39 is 0 Å². The van der Waals surface area contributed by atoms with E-state index in [1.165, 1.54) is 44.9 Å². The lowest BCUT2D eigenvalue weighted by Crippen LogP contribution is -2.35. The van der Waals surface area contributed by atoms with Crippen molar-refractivity contribution < 1.29 is 0 Å². The maximum absolute atomic E-state index is 3.90. The van der Waals surface area contributed by atoms with E-state index in [0.717, 1.165) is 18.0 Å². The van der Waals surface area contributed by atoms with Crippen molar-refractivity contribution in [2.45, 2.75) is 77.8 Å². The summed E-state index contributed by atoms with van der Waals surface area (Å²) in [6, 6.07) is 1.66. The van der Waals surface area contributed by atoms with Crippen molar-refractivity contribution in [2.24, 2.45) is 11.3 Å². The van der Waals surface area contributed by atoms with Crippen molar-refractivity contribution >= 4 is 0 Å². The number of hydrogen-bond acceptors (Lipinski definition) is 1. The summed E-state index contributed by atoms with van der Waals surface area (Å²) in [5, 5.41) is 3.90. The zero-order valence-corrected chi connectivity index (χ0v) is 10.7. The van der Waals surface area contributed by atoms with E-state index in [0.29, 0.717) is 5.41 Å². The van der Waals surface area contributed by atoms with Gasteiger partial charge in [0.2, 0.25) is 0 Å². The largest absolute Gasteiger partial charge is 0.311 e. The van der Waals surface area contributed by atoms with E-state index in [1.807, 2.05) is 0 Å². The average molecular weight is 209 g/mol. The van der Waals surface area contributed by atoms with Crippen LogP contribution in [0.1, 0.15) is 65.7 Å². The van der Waals surface area contributed by atoms with Gasteiger partial charge in [-0.15, -0.1) is 0 Å². The zero-order chi connectivity index (χ0) is 10.9. The van der Waals surface area contributed by atoms with Gasteiger partial charge in [0.25, 0.3) is 0 Å². The Hall–Kier alpha value is -0.0400. The highest BCUT2D eigenvalue weighted by molar-refractivity contribution is 4.90. The molecule has 0 aromatic heterocycles. The predicted molar refractivity (Wildman–Crippen MR) is 66.0 cm³/mol. The quantitative estimate of drug-likeness (QED) is 0.747. The number of nitrogens with one attached hydrogen (secondary N) is 1. The summed E-state index contributed by atoms with van der Waals surface area (Å²) in [4.78, 5) is 0. The molecule has 0 bridgehead atoms. The lowest BCUT2D eigenvalue weighted by atomic mass is 9.92. The van der Waals surface area contributed by atoms with Gasteiger partial charge >= 0.3 is 0 Å². The highest BCUT2D eigenvalue weighted by Gasteiger charge is 2.33. The first kappa shape index (κ1) is 11.4. The van der Waals surface area contributed by atoms with E-state index in [9.17, 15) is 0 Å². The Morgan fingerprint density at radius 3 is 2.47 bits per heavy atom. The van der Waals surface area contributed by atoms with Crippen LogP contribution in [0.2, 0.25) is 0 Å². The SMILES string of the molecule is CCC1CCC(NC2CCC(C)(C)C2)C1. The monoisotopic (exact) mass is 209 g/mol. The molecule has 1 heteroatoms. The van der Waals surface area contributed by atoms with E-state index in [1.54, 1.807) is 0 Å². The minimum absolute atomic E-state index is 0.598. The Kier molecular flexibility index (Phi) is 3.39. The number of rotatable bonds is 3. The molecular formula is C14H27N. The van der Waals surface area contributed by atoms with Gasteiger partial charge in [0.1, 0.15) is 0 Å². The summed E-state index contributed by atoms with van der Waals surface area (Å²) in [6.45, 7) is 7.17. The van der Waals surface area contributed by atoms with E-state index in [-0.39, 0.29) is 0 Å². The molecule has 1 N–H and O–H groups in total. The third-order valence-electron chi connectivity index (χ3n) is 4.56. The standard InChI is InChI=1S/C14H27N/c1-4-11-5-6-12(9-11)15-13-7-8-14(2,3)10-13/h11-13,15H,4-10H2,1-3H3. The van der Waals surface area contributed by atoms with Gasteiger partial charge in [-0.2, -0.15) is 0 Å². The van der Waals surface area contributed by atoms with Crippen LogP contribution in [0.15, 0.2) is 0 Å². The molecule has 0 spiro atoms. The fourth-order valence-electron chi connectivity index (χ4n) is 3.51. The van der Waals surface area contributed by atoms with Gasteiger partial charge in [-0.1, -0.05) is 27.2 Å². The van der Waals surface area contributed by atoms with Crippen LogP contribution in [0, 0.1) is 11.3 Å². The molecule has 0 amide bonds. The van der Waals surface area contributed by atoms with Crippen LogP contribution in [-0.4, -0.2) is 12.1 Å². The second-order valence-electron chi connectivity index (χ2n) is 6.55. The van der Waals surface area contributed by atoms with Crippen molar-refractivity contribution in [2.75, 3.05) is 0 Å².